The molecule has 0 aliphatic carbocycles. The van der Waals surface area contributed by atoms with Gasteiger partial charge in [0.25, 0.3) is 0 Å². The van der Waals surface area contributed by atoms with E-state index < -0.39 is 0 Å². The van der Waals surface area contributed by atoms with Crippen LogP contribution in [0.5, 0.6) is 0 Å². The Morgan fingerprint density at radius 3 is 2.91 bits per heavy atom. The number of ether oxygens (including phenoxy) is 1. The van der Waals surface area contributed by atoms with Gasteiger partial charge in [0.05, 0.1) is 6.10 Å². The van der Waals surface area contributed by atoms with Crippen molar-refractivity contribution in [2.45, 2.75) is 38.5 Å². The highest BCUT2D eigenvalue weighted by Gasteiger charge is 2.28. The van der Waals surface area contributed by atoms with Crippen LogP contribution < -0.4 is 10.6 Å². The lowest BCUT2D eigenvalue weighted by atomic mass is 9.87. The molecule has 1 saturated heterocycles. The Balaban J connectivity index is 1.87. The van der Waals surface area contributed by atoms with Gasteiger partial charge < -0.3 is 15.4 Å². The number of hydrogen-bond acceptors (Lipinski definition) is 3. The van der Waals surface area contributed by atoms with Crippen molar-refractivity contribution >= 4 is 23.5 Å². The Morgan fingerprint density at radius 1 is 1.39 bits per heavy atom. The summed E-state index contributed by atoms with van der Waals surface area (Å²) in [6, 6.07) is 7.82. The lowest BCUT2D eigenvalue weighted by Crippen LogP contribution is -2.42. The number of rotatable bonds is 6. The molecule has 1 aliphatic heterocycles. The van der Waals surface area contributed by atoms with E-state index in [0.29, 0.717) is 18.4 Å². The summed E-state index contributed by atoms with van der Waals surface area (Å²) in [5, 5.41) is 5.99. The van der Waals surface area contributed by atoms with Crippen LogP contribution in [0.3, 0.4) is 0 Å². The summed E-state index contributed by atoms with van der Waals surface area (Å²) in [7, 11) is 0. The number of hydrogen-bond donors (Lipinski definition) is 2. The molecule has 0 radical (unpaired) electrons. The highest BCUT2D eigenvalue weighted by Crippen LogP contribution is 2.26. The lowest BCUT2D eigenvalue weighted by molar-refractivity contribution is -0.0507. The van der Waals surface area contributed by atoms with Gasteiger partial charge in [-0.3, -0.25) is 0 Å². The van der Waals surface area contributed by atoms with Crippen molar-refractivity contribution < 1.29 is 9.53 Å². The number of para-hydroxylation sites is 1. The number of benzene rings is 1. The molecular formula is C18H28N2O2S. The zero-order chi connectivity index (χ0) is 16.7. The largest absolute Gasteiger partial charge is 0.378 e. The van der Waals surface area contributed by atoms with Crippen LogP contribution in [0.2, 0.25) is 0 Å². The number of urea groups is 1. The van der Waals surface area contributed by atoms with Crippen LogP contribution in [0.25, 0.3) is 0 Å². The molecule has 128 valence electrons. The Kier molecular flexibility index (Phi) is 7.24. The minimum Gasteiger partial charge on any atom is -0.378 e. The van der Waals surface area contributed by atoms with E-state index in [1.54, 1.807) is 11.8 Å². The van der Waals surface area contributed by atoms with Crippen molar-refractivity contribution in [2.24, 2.45) is 11.8 Å². The van der Waals surface area contributed by atoms with E-state index in [1.165, 1.54) is 0 Å². The number of thioether (sulfide) groups is 1. The second-order valence-electron chi connectivity index (χ2n) is 6.41. The third-order valence-electron chi connectivity index (χ3n) is 4.24. The van der Waals surface area contributed by atoms with Crippen LogP contribution in [-0.2, 0) is 10.5 Å². The van der Waals surface area contributed by atoms with Crippen molar-refractivity contribution in [2.75, 3.05) is 24.7 Å². The monoisotopic (exact) mass is 336 g/mol. The molecule has 23 heavy (non-hydrogen) atoms. The van der Waals surface area contributed by atoms with Gasteiger partial charge in [-0.25, -0.2) is 4.79 Å². The smallest absolute Gasteiger partial charge is 0.319 e. The van der Waals surface area contributed by atoms with Crippen molar-refractivity contribution in [3.05, 3.63) is 29.8 Å². The van der Waals surface area contributed by atoms with Crippen LogP contribution >= 0.6 is 11.8 Å². The standard InChI is InChI=1S/C18H28N2O2S/c1-13(2)17-14(8-6-10-22-17)11-19-18(21)20-16-9-5-4-7-15(16)12-23-3/h4-5,7,9,13-14,17H,6,8,10-12H2,1-3H3,(H2,19,20,21)/t14-,17-/m0/s1. The summed E-state index contributed by atoms with van der Waals surface area (Å²) < 4.78 is 5.88. The highest BCUT2D eigenvalue weighted by atomic mass is 32.2. The molecule has 2 N–H and O–H groups in total. The minimum absolute atomic E-state index is 0.133. The molecule has 1 aromatic rings. The molecule has 4 nitrogen and oxygen atoms in total. The van der Waals surface area contributed by atoms with Crippen molar-refractivity contribution in [3.63, 3.8) is 0 Å². The third kappa shape index (κ3) is 5.43. The molecule has 1 aliphatic rings. The fourth-order valence-electron chi connectivity index (χ4n) is 3.13. The highest BCUT2D eigenvalue weighted by molar-refractivity contribution is 7.97. The Labute approximate surface area is 143 Å². The average Bonchev–Trinajstić information content (AvgIpc) is 2.55. The molecule has 0 saturated carbocycles. The quantitative estimate of drug-likeness (QED) is 0.821. The van der Waals surface area contributed by atoms with Gasteiger partial charge in [-0.1, -0.05) is 32.0 Å². The zero-order valence-corrected chi connectivity index (χ0v) is 15.1. The molecular weight excluding hydrogens is 308 g/mol. The second kappa shape index (κ2) is 9.18. The molecule has 0 aromatic heterocycles. The summed E-state index contributed by atoms with van der Waals surface area (Å²) in [5.74, 6) is 1.77. The van der Waals surface area contributed by atoms with E-state index in [2.05, 4.69) is 36.8 Å². The number of anilines is 1. The summed E-state index contributed by atoms with van der Waals surface area (Å²) in [4.78, 5) is 12.2. The van der Waals surface area contributed by atoms with Gasteiger partial charge in [0.15, 0.2) is 0 Å². The fourth-order valence-corrected chi connectivity index (χ4v) is 3.70. The molecule has 1 heterocycles. The van der Waals surface area contributed by atoms with Gasteiger partial charge in [-0.15, -0.1) is 0 Å². The third-order valence-corrected chi connectivity index (χ3v) is 4.84. The van der Waals surface area contributed by atoms with E-state index in [1.807, 2.05) is 18.2 Å². The summed E-state index contributed by atoms with van der Waals surface area (Å²) in [6.07, 6.45) is 4.50. The number of carbonyl (C=O) groups excluding carboxylic acids is 1. The number of carbonyl (C=O) groups is 1. The first-order valence-electron chi connectivity index (χ1n) is 8.35. The molecule has 2 amide bonds. The first kappa shape index (κ1) is 18.1. The summed E-state index contributed by atoms with van der Waals surface area (Å²) >= 11 is 1.75. The van der Waals surface area contributed by atoms with Crippen molar-refractivity contribution in [1.82, 2.24) is 5.32 Å². The molecule has 0 spiro atoms. The van der Waals surface area contributed by atoms with Gasteiger partial charge in [0, 0.05) is 30.5 Å². The Morgan fingerprint density at radius 2 is 2.17 bits per heavy atom. The molecule has 1 fully saturated rings. The molecule has 0 bridgehead atoms. The van der Waals surface area contributed by atoms with Gasteiger partial charge in [-0.05, 0) is 36.6 Å². The molecule has 2 atom stereocenters. The fraction of sp³-hybridized carbons (Fsp3) is 0.611. The maximum Gasteiger partial charge on any atom is 0.319 e. The normalized spacial score (nSPS) is 21.2. The molecule has 5 heteroatoms. The van der Waals surface area contributed by atoms with Gasteiger partial charge in [0.1, 0.15) is 0 Å². The maximum atomic E-state index is 12.2. The van der Waals surface area contributed by atoms with Crippen LogP contribution in [0.15, 0.2) is 24.3 Å². The van der Waals surface area contributed by atoms with Gasteiger partial charge in [-0.2, -0.15) is 11.8 Å². The minimum atomic E-state index is -0.133. The first-order valence-corrected chi connectivity index (χ1v) is 9.74. The van der Waals surface area contributed by atoms with E-state index in [4.69, 9.17) is 4.74 Å². The zero-order valence-electron chi connectivity index (χ0n) is 14.3. The van der Waals surface area contributed by atoms with Crippen LogP contribution in [0, 0.1) is 11.8 Å². The molecule has 0 unspecified atom stereocenters. The number of amides is 2. The average molecular weight is 337 g/mol. The number of nitrogens with one attached hydrogen (secondary N) is 2. The van der Waals surface area contributed by atoms with Crippen molar-refractivity contribution in [1.29, 1.82) is 0 Å². The lowest BCUT2D eigenvalue weighted by Gasteiger charge is -2.34. The van der Waals surface area contributed by atoms with E-state index in [9.17, 15) is 4.79 Å². The van der Waals surface area contributed by atoms with E-state index in [0.717, 1.165) is 36.5 Å². The first-order chi connectivity index (χ1) is 11.1. The second-order valence-corrected chi connectivity index (χ2v) is 7.27. The maximum absolute atomic E-state index is 12.2. The van der Waals surface area contributed by atoms with E-state index >= 15 is 0 Å². The van der Waals surface area contributed by atoms with Gasteiger partial charge in [0.2, 0.25) is 0 Å². The van der Waals surface area contributed by atoms with Crippen LogP contribution in [0.1, 0.15) is 32.3 Å². The molecule has 1 aromatic carbocycles. The topological polar surface area (TPSA) is 50.4 Å². The van der Waals surface area contributed by atoms with Crippen molar-refractivity contribution in [3.8, 4) is 0 Å². The predicted octanol–water partition coefficient (Wildman–Crippen LogP) is 4.12. The summed E-state index contributed by atoms with van der Waals surface area (Å²) in [6.45, 7) is 5.87. The SMILES string of the molecule is CSCc1ccccc1NC(=O)NC[C@@H]1CCCO[C@H]1C(C)C. The van der Waals surface area contributed by atoms with Gasteiger partial charge >= 0.3 is 6.03 Å². The summed E-state index contributed by atoms with van der Waals surface area (Å²) in [5.41, 5.74) is 2.04. The molecule has 2 rings (SSSR count). The van der Waals surface area contributed by atoms with E-state index in [-0.39, 0.29) is 12.1 Å². The predicted molar refractivity (Wildman–Crippen MR) is 98.0 cm³/mol. The Hall–Kier alpha value is -1.20. The van der Waals surface area contributed by atoms with Crippen LogP contribution in [-0.4, -0.2) is 31.5 Å². The Bertz CT molecular complexity index is 508. The van der Waals surface area contributed by atoms with Crippen LogP contribution in [0.4, 0.5) is 10.5 Å².